The average molecular weight is 316 g/mol. The predicted molar refractivity (Wildman–Crippen MR) is 101 cm³/mol. The molecule has 0 bridgehead atoms. The van der Waals surface area contributed by atoms with Crippen LogP contribution in [-0.2, 0) is 4.79 Å². The summed E-state index contributed by atoms with van der Waals surface area (Å²) < 4.78 is 0. The van der Waals surface area contributed by atoms with Gasteiger partial charge in [0.05, 0.1) is 0 Å². The molecule has 0 aliphatic heterocycles. The Balaban J connectivity index is 3.46. The van der Waals surface area contributed by atoms with E-state index < -0.39 is 5.97 Å². The second kappa shape index (κ2) is 18.2. The SMILES string of the molecule is CCC/C=C/C=C/C=C/C=C/C=C/CCCCCCCC(=O)O. The van der Waals surface area contributed by atoms with Crippen LogP contribution in [0, 0.1) is 0 Å². The second-order valence-electron chi connectivity index (χ2n) is 5.50. The lowest BCUT2D eigenvalue weighted by Crippen LogP contribution is -1.93. The molecule has 0 aromatic rings. The third-order valence-electron chi connectivity index (χ3n) is 3.27. The lowest BCUT2D eigenvalue weighted by atomic mass is 10.1. The number of carboxylic acids is 1. The second-order valence-corrected chi connectivity index (χ2v) is 5.50. The van der Waals surface area contributed by atoms with Gasteiger partial charge in [-0.2, -0.15) is 0 Å². The van der Waals surface area contributed by atoms with E-state index in [1.165, 1.54) is 19.3 Å². The molecule has 0 aromatic carbocycles. The smallest absolute Gasteiger partial charge is 0.303 e. The van der Waals surface area contributed by atoms with E-state index in [9.17, 15) is 4.79 Å². The molecule has 2 nitrogen and oxygen atoms in total. The predicted octanol–water partition coefficient (Wildman–Crippen LogP) is 6.38. The maximum absolute atomic E-state index is 10.3. The van der Waals surface area contributed by atoms with Crippen molar-refractivity contribution in [2.24, 2.45) is 0 Å². The Morgan fingerprint density at radius 2 is 1.17 bits per heavy atom. The normalized spacial score (nSPS) is 12.7. The Morgan fingerprint density at radius 3 is 1.74 bits per heavy atom. The molecule has 0 amide bonds. The zero-order valence-corrected chi connectivity index (χ0v) is 14.5. The molecule has 1 N–H and O–H groups in total. The van der Waals surface area contributed by atoms with Gasteiger partial charge in [-0.1, -0.05) is 93.4 Å². The lowest BCUT2D eigenvalue weighted by Gasteiger charge is -1.97. The minimum absolute atomic E-state index is 0.308. The van der Waals surface area contributed by atoms with Gasteiger partial charge in [-0.25, -0.2) is 0 Å². The van der Waals surface area contributed by atoms with Crippen LogP contribution in [0.2, 0.25) is 0 Å². The lowest BCUT2D eigenvalue weighted by molar-refractivity contribution is -0.137. The van der Waals surface area contributed by atoms with Crippen LogP contribution >= 0.6 is 0 Å². The van der Waals surface area contributed by atoms with Crippen molar-refractivity contribution in [3.8, 4) is 0 Å². The van der Waals surface area contributed by atoms with Gasteiger partial charge in [0.15, 0.2) is 0 Å². The summed E-state index contributed by atoms with van der Waals surface area (Å²) in [5.74, 6) is -0.683. The fraction of sp³-hybridized carbons (Fsp3) is 0.476. The molecular formula is C21H32O2. The summed E-state index contributed by atoms with van der Waals surface area (Å²) in [6, 6.07) is 0. The summed E-state index contributed by atoms with van der Waals surface area (Å²) in [6.07, 6.45) is 29.8. The summed E-state index contributed by atoms with van der Waals surface area (Å²) >= 11 is 0. The Bertz CT molecular complexity index is 412. The van der Waals surface area contributed by atoms with Gasteiger partial charge in [0.25, 0.3) is 0 Å². The third-order valence-corrected chi connectivity index (χ3v) is 3.27. The molecule has 0 saturated carbocycles. The quantitative estimate of drug-likeness (QED) is 0.298. The van der Waals surface area contributed by atoms with E-state index in [-0.39, 0.29) is 0 Å². The Kier molecular flexibility index (Phi) is 16.8. The molecule has 0 saturated heterocycles. The number of hydrogen-bond donors (Lipinski definition) is 1. The van der Waals surface area contributed by atoms with Crippen molar-refractivity contribution >= 4 is 5.97 Å². The van der Waals surface area contributed by atoms with Gasteiger partial charge < -0.3 is 5.11 Å². The molecule has 0 spiro atoms. The number of unbranched alkanes of at least 4 members (excludes halogenated alkanes) is 6. The van der Waals surface area contributed by atoms with Gasteiger partial charge in [0.2, 0.25) is 0 Å². The summed E-state index contributed by atoms with van der Waals surface area (Å²) in [6.45, 7) is 2.18. The van der Waals surface area contributed by atoms with Gasteiger partial charge in [-0.3, -0.25) is 4.79 Å². The van der Waals surface area contributed by atoms with Crippen LogP contribution in [0.25, 0.3) is 0 Å². The van der Waals surface area contributed by atoms with E-state index in [2.05, 4.69) is 31.2 Å². The molecule has 23 heavy (non-hydrogen) atoms. The number of carbonyl (C=O) groups is 1. The summed E-state index contributed by atoms with van der Waals surface area (Å²) in [4.78, 5) is 10.3. The Labute approximate surface area is 142 Å². The van der Waals surface area contributed by atoms with E-state index in [1.807, 2.05) is 36.5 Å². The maximum atomic E-state index is 10.3. The average Bonchev–Trinajstić information content (AvgIpc) is 2.53. The van der Waals surface area contributed by atoms with Crippen LogP contribution in [0.1, 0.15) is 64.7 Å². The van der Waals surface area contributed by atoms with Crippen molar-refractivity contribution in [3.05, 3.63) is 60.8 Å². The first-order valence-electron chi connectivity index (χ1n) is 8.80. The third kappa shape index (κ3) is 20.2. The summed E-state index contributed by atoms with van der Waals surface area (Å²) in [5.41, 5.74) is 0. The highest BCUT2D eigenvalue weighted by Gasteiger charge is 1.95. The minimum atomic E-state index is -0.683. The van der Waals surface area contributed by atoms with E-state index in [0.29, 0.717) is 6.42 Å². The first-order chi connectivity index (χ1) is 11.3. The number of aliphatic carboxylic acids is 1. The molecule has 128 valence electrons. The highest BCUT2D eigenvalue weighted by atomic mass is 16.4. The van der Waals surface area contributed by atoms with Gasteiger partial charge in [0.1, 0.15) is 0 Å². The summed E-state index contributed by atoms with van der Waals surface area (Å²) in [5, 5.41) is 8.52. The molecule has 0 aliphatic rings. The monoisotopic (exact) mass is 316 g/mol. The molecule has 0 radical (unpaired) electrons. The molecule has 0 rings (SSSR count). The molecule has 0 atom stereocenters. The molecular weight excluding hydrogens is 284 g/mol. The number of allylic oxidation sites excluding steroid dienone is 10. The van der Waals surface area contributed by atoms with Gasteiger partial charge in [0, 0.05) is 6.42 Å². The van der Waals surface area contributed by atoms with Crippen molar-refractivity contribution in [3.63, 3.8) is 0 Å². The van der Waals surface area contributed by atoms with E-state index in [0.717, 1.165) is 32.1 Å². The standard InChI is InChI=1S/C21H32O2/c1-2-3-4-5-6-7-8-9-10-11-12-13-14-15-16-17-18-19-20-21(22)23/h4-13H,2-3,14-20H2,1H3,(H,22,23)/b5-4+,7-6+,9-8+,11-10+,13-12+. The maximum Gasteiger partial charge on any atom is 0.303 e. The van der Waals surface area contributed by atoms with Crippen molar-refractivity contribution < 1.29 is 9.90 Å². The van der Waals surface area contributed by atoms with Gasteiger partial charge in [-0.05, 0) is 25.7 Å². The zero-order valence-electron chi connectivity index (χ0n) is 14.5. The highest BCUT2D eigenvalue weighted by Crippen LogP contribution is 2.07. The van der Waals surface area contributed by atoms with E-state index in [4.69, 9.17) is 5.11 Å². The van der Waals surface area contributed by atoms with Crippen LogP contribution in [-0.4, -0.2) is 11.1 Å². The minimum Gasteiger partial charge on any atom is -0.481 e. The van der Waals surface area contributed by atoms with Crippen LogP contribution in [0.15, 0.2) is 60.8 Å². The van der Waals surface area contributed by atoms with Crippen LogP contribution in [0.3, 0.4) is 0 Å². The van der Waals surface area contributed by atoms with E-state index >= 15 is 0 Å². The zero-order chi connectivity index (χ0) is 17.0. The largest absolute Gasteiger partial charge is 0.481 e. The molecule has 0 fully saturated rings. The first kappa shape index (κ1) is 21.2. The molecule has 0 heterocycles. The van der Waals surface area contributed by atoms with Crippen LogP contribution in [0.4, 0.5) is 0 Å². The van der Waals surface area contributed by atoms with Crippen LogP contribution in [0.5, 0.6) is 0 Å². The van der Waals surface area contributed by atoms with Crippen molar-refractivity contribution in [1.82, 2.24) is 0 Å². The molecule has 0 aromatic heterocycles. The summed E-state index contributed by atoms with van der Waals surface area (Å²) in [7, 11) is 0. The Hall–Kier alpha value is -1.83. The van der Waals surface area contributed by atoms with E-state index in [1.54, 1.807) is 0 Å². The van der Waals surface area contributed by atoms with Crippen molar-refractivity contribution in [1.29, 1.82) is 0 Å². The number of carboxylic acid groups (broad SMARTS) is 1. The number of rotatable bonds is 14. The van der Waals surface area contributed by atoms with Crippen molar-refractivity contribution in [2.75, 3.05) is 0 Å². The number of hydrogen-bond acceptors (Lipinski definition) is 1. The fourth-order valence-electron chi connectivity index (χ4n) is 1.97. The highest BCUT2D eigenvalue weighted by molar-refractivity contribution is 5.66. The van der Waals surface area contributed by atoms with Gasteiger partial charge in [-0.15, -0.1) is 0 Å². The molecule has 0 aliphatic carbocycles. The van der Waals surface area contributed by atoms with Gasteiger partial charge >= 0.3 is 5.97 Å². The topological polar surface area (TPSA) is 37.3 Å². The van der Waals surface area contributed by atoms with Crippen LogP contribution < -0.4 is 0 Å². The fourth-order valence-corrected chi connectivity index (χ4v) is 1.97. The van der Waals surface area contributed by atoms with Crippen molar-refractivity contribution in [2.45, 2.75) is 64.7 Å². The first-order valence-corrected chi connectivity index (χ1v) is 8.80. The Morgan fingerprint density at radius 1 is 0.696 bits per heavy atom. The molecule has 0 unspecified atom stereocenters. The molecule has 2 heteroatoms.